The zero-order valence-electron chi connectivity index (χ0n) is 15.3. The summed E-state index contributed by atoms with van der Waals surface area (Å²) in [5, 5.41) is 3.71. The van der Waals surface area contributed by atoms with Crippen LogP contribution in [0.15, 0.2) is 30.3 Å². The third kappa shape index (κ3) is 4.10. The molecule has 3 rings (SSSR count). The molecule has 1 aromatic carbocycles. The fourth-order valence-corrected chi connectivity index (χ4v) is 4.53. The predicted molar refractivity (Wildman–Crippen MR) is 108 cm³/mol. The molecule has 0 spiro atoms. The van der Waals surface area contributed by atoms with Crippen LogP contribution in [0.5, 0.6) is 0 Å². The number of carbonyl (C=O) groups is 3. The average Bonchev–Trinajstić information content (AvgIpc) is 3.25. The lowest BCUT2D eigenvalue weighted by Gasteiger charge is -2.11. The molecule has 1 N–H and O–H groups in total. The number of benzene rings is 1. The minimum atomic E-state index is -0.592. The van der Waals surface area contributed by atoms with Crippen LogP contribution in [0.4, 0.5) is 5.00 Å². The van der Waals surface area contributed by atoms with Crippen molar-refractivity contribution in [1.82, 2.24) is 0 Å². The van der Waals surface area contributed by atoms with E-state index in [1.807, 2.05) is 0 Å². The molecule has 0 saturated carbocycles. The lowest BCUT2D eigenvalue weighted by atomic mass is 9.99. The van der Waals surface area contributed by atoms with E-state index in [0.29, 0.717) is 28.4 Å². The Labute approximate surface area is 171 Å². The van der Waals surface area contributed by atoms with E-state index in [1.54, 1.807) is 30.3 Å². The van der Waals surface area contributed by atoms with Crippen LogP contribution in [-0.2, 0) is 25.5 Å². The number of methoxy groups -OCH3 is 2. The van der Waals surface area contributed by atoms with Crippen LogP contribution in [0.2, 0.25) is 5.02 Å². The molecule has 146 valence electrons. The third-order valence-electron chi connectivity index (χ3n) is 4.44. The number of aryl methyl sites for hydroxylation is 1. The minimum absolute atomic E-state index is 0.226. The number of hydrogen-bond donors (Lipinski definition) is 1. The van der Waals surface area contributed by atoms with Crippen LogP contribution in [0, 0.1) is 0 Å². The molecule has 2 aromatic rings. The summed E-state index contributed by atoms with van der Waals surface area (Å²) in [6, 6.07) is 7.02. The number of thiophene rings is 1. The van der Waals surface area contributed by atoms with Crippen LogP contribution >= 0.6 is 22.9 Å². The van der Waals surface area contributed by atoms with Gasteiger partial charge in [0, 0.05) is 16.0 Å². The molecule has 0 radical (unpaired) electrons. The molecular formula is C20H18ClNO5S. The SMILES string of the molecule is COC(=O)c1c(NC(=O)/C=C/c2ccc(Cl)cc2)sc2c1C(C(=O)OC)CC2. The molecule has 0 fully saturated rings. The monoisotopic (exact) mass is 419 g/mol. The lowest BCUT2D eigenvalue weighted by molar-refractivity contribution is -0.142. The smallest absolute Gasteiger partial charge is 0.341 e. The Balaban J connectivity index is 1.86. The number of anilines is 1. The molecule has 1 heterocycles. The molecule has 0 aliphatic heterocycles. The summed E-state index contributed by atoms with van der Waals surface area (Å²) in [7, 11) is 2.58. The zero-order valence-corrected chi connectivity index (χ0v) is 16.9. The minimum Gasteiger partial charge on any atom is -0.469 e. The molecule has 0 bridgehead atoms. The maximum Gasteiger partial charge on any atom is 0.341 e. The molecule has 1 atom stereocenters. The summed E-state index contributed by atoms with van der Waals surface area (Å²) in [6.45, 7) is 0. The van der Waals surface area contributed by atoms with Gasteiger partial charge in [-0.3, -0.25) is 9.59 Å². The van der Waals surface area contributed by atoms with E-state index in [-0.39, 0.29) is 5.56 Å². The largest absolute Gasteiger partial charge is 0.469 e. The number of halogens is 1. The number of amides is 1. The highest BCUT2D eigenvalue weighted by Gasteiger charge is 2.38. The van der Waals surface area contributed by atoms with Crippen LogP contribution in [0.3, 0.4) is 0 Å². The van der Waals surface area contributed by atoms with Gasteiger partial charge in [-0.05, 0) is 42.2 Å². The number of rotatable bonds is 5. The van der Waals surface area contributed by atoms with Crippen molar-refractivity contribution in [3.8, 4) is 0 Å². The first-order chi connectivity index (χ1) is 13.4. The van der Waals surface area contributed by atoms with Crippen molar-refractivity contribution in [3.05, 3.63) is 56.9 Å². The number of fused-ring (bicyclic) bond motifs is 1. The first-order valence-corrected chi connectivity index (χ1v) is 9.70. The van der Waals surface area contributed by atoms with Gasteiger partial charge in [-0.15, -0.1) is 11.3 Å². The number of ether oxygens (including phenoxy) is 2. The third-order valence-corrected chi connectivity index (χ3v) is 5.87. The summed E-state index contributed by atoms with van der Waals surface area (Å²) >= 11 is 7.13. The van der Waals surface area contributed by atoms with Gasteiger partial charge in [0.25, 0.3) is 0 Å². The van der Waals surface area contributed by atoms with Gasteiger partial charge in [0.2, 0.25) is 5.91 Å². The van der Waals surface area contributed by atoms with E-state index in [1.165, 1.54) is 31.6 Å². The molecule has 28 heavy (non-hydrogen) atoms. The van der Waals surface area contributed by atoms with Gasteiger partial charge in [0.05, 0.1) is 25.7 Å². The van der Waals surface area contributed by atoms with E-state index in [0.717, 1.165) is 10.4 Å². The zero-order chi connectivity index (χ0) is 20.3. The second kappa shape index (κ2) is 8.58. The summed E-state index contributed by atoms with van der Waals surface area (Å²) in [6.07, 6.45) is 4.22. The molecule has 1 amide bonds. The first kappa shape index (κ1) is 20.1. The van der Waals surface area contributed by atoms with Gasteiger partial charge in [0.15, 0.2) is 0 Å². The average molecular weight is 420 g/mol. The molecule has 1 aliphatic carbocycles. The summed E-state index contributed by atoms with van der Waals surface area (Å²) in [5.41, 5.74) is 1.64. The van der Waals surface area contributed by atoms with Gasteiger partial charge in [0.1, 0.15) is 5.00 Å². The molecule has 8 heteroatoms. The Morgan fingerprint density at radius 1 is 1.18 bits per heavy atom. The highest BCUT2D eigenvalue weighted by molar-refractivity contribution is 7.17. The van der Waals surface area contributed by atoms with Crippen molar-refractivity contribution in [2.75, 3.05) is 19.5 Å². The fourth-order valence-electron chi connectivity index (χ4n) is 3.14. The summed E-state index contributed by atoms with van der Waals surface area (Å²) in [4.78, 5) is 37.7. The molecule has 1 unspecified atom stereocenters. The number of esters is 2. The molecular weight excluding hydrogens is 402 g/mol. The number of hydrogen-bond acceptors (Lipinski definition) is 6. The summed E-state index contributed by atoms with van der Waals surface area (Å²) in [5.74, 6) is -1.91. The number of carbonyl (C=O) groups excluding carboxylic acids is 3. The summed E-state index contributed by atoms with van der Waals surface area (Å²) < 4.78 is 9.73. The van der Waals surface area contributed by atoms with E-state index in [9.17, 15) is 14.4 Å². The number of nitrogens with one attached hydrogen (secondary N) is 1. The Bertz CT molecular complexity index is 948. The van der Waals surface area contributed by atoms with E-state index < -0.39 is 23.8 Å². The van der Waals surface area contributed by atoms with Crippen molar-refractivity contribution in [2.24, 2.45) is 0 Å². The first-order valence-electron chi connectivity index (χ1n) is 8.51. The quantitative estimate of drug-likeness (QED) is 0.584. The normalized spacial score (nSPS) is 15.3. The topological polar surface area (TPSA) is 81.7 Å². The van der Waals surface area contributed by atoms with E-state index in [2.05, 4.69) is 5.32 Å². The second-order valence-corrected chi connectivity index (χ2v) is 7.66. The van der Waals surface area contributed by atoms with Crippen molar-refractivity contribution in [2.45, 2.75) is 18.8 Å². The van der Waals surface area contributed by atoms with Gasteiger partial charge >= 0.3 is 11.9 Å². The highest BCUT2D eigenvalue weighted by atomic mass is 35.5. The fraction of sp³-hybridized carbons (Fsp3) is 0.250. The van der Waals surface area contributed by atoms with Crippen LogP contribution in [-0.4, -0.2) is 32.1 Å². The van der Waals surface area contributed by atoms with Gasteiger partial charge in [-0.1, -0.05) is 23.7 Å². The van der Waals surface area contributed by atoms with E-state index in [4.69, 9.17) is 21.1 Å². The molecule has 0 saturated heterocycles. The van der Waals surface area contributed by atoms with E-state index >= 15 is 0 Å². The van der Waals surface area contributed by atoms with Crippen LogP contribution < -0.4 is 5.32 Å². The van der Waals surface area contributed by atoms with Crippen molar-refractivity contribution >= 4 is 51.9 Å². The van der Waals surface area contributed by atoms with Gasteiger partial charge in [-0.2, -0.15) is 0 Å². The van der Waals surface area contributed by atoms with Crippen LogP contribution in [0.25, 0.3) is 6.08 Å². The van der Waals surface area contributed by atoms with Crippen LogP contribution in [0.1, 0.15) is 38.7 Å². The maximum atomic E-state index is 12.4. The van der Waals surface area contributed by atoms with Crippen molar-refractivity contribution < 1.29 is 23.9 Å². The van der Waals surface area contributed by atoms with Crippen molar-refractivity contribution in [1.29, 1.82) is 0 Å². The second-order valence-electron chi connectivity index (χ2n) is 6.12. The lowest BCUT2D eigenvalue weighted by Crippen LogP contribution is -2.16. The molecule has 1 aliphatic rings. The Morgan fingerprint density at radius 2 is 1.89 bits per heavy atom. The van der Waals surface area contributed by atoms with Gasteiger partial charge < -0.3 is 14.8 Å². The highest BCUT2D eigenvalue weighted by Crippen LogP contribution is 2.45. The Morgan fingerprint density at radius 3 is 2.54 bits per heavy atom. The predicted octanol–water partition coefficient (Wildman–Crippen LogP) is 4.04. The standard InChI is InChI=1S/C20H18ClNO5S/c1-26-19(24)13-8-9-14-16(13)17(20(25)27-2)18(28-14)22-15(23)10-5-11-3-6-12(21)7-4-11/h3-7,10,13H,8-9H2,1-2H3,(H,22,23)/b10-5+. The molecule has 1 aromatic heterocycles. The van der Waals surface area contributed by atoms with Gasteiger partial charge in [-0.25, -0.2) is 4.79 Å². The van der Waals surface area contributed by atoms with Crippen molar-refractivity contribution in [3.63, 3.8) is 0 Å². The molecule has 6 nitrogen and oxygen atoms in total. The maximum absolute atomic E-state index is 12.4. The Hall–Kier alpha value is -2.64. The Kier molecular flexibility index (Phi) is 6.16.